The van der Waals surface area contributed by atoms with Crippen LogP contribution in [0, 0.1) is 19.8 Å². The van der Waals surface area contributed by atoms with Crippen molar-refractivity contribution >= 4 is 11.9 Å². The van der Waals surface area contributed by atoms with E-state index in [0.29, 0.717) is 19.5 Å². The van der Waals surface area contributed by atoms with E-state index < -0.39 is 0 Å². The molecule has 116 valence electrons. The molecule has 6 nitrogen and oxygen atoms in total. The molecule has 0 spiro atoms. The highest BCUT2D eigenvalue weighted by Crippen LogP contribution is 2.19. The summed E-state index contributed by atoms with van der Waals surface area (Å²) in [4.78, 5) is 24.9. The molecule has 1 unspecified atom stereocenters. The van der Waals surface area contributed by atoms with Gasteiger partial charge in [0.1, 0.15) is 11.5 Å². The smallest absolute Gasteiger partial charge is 0.317 e. The molecule has 1 fully saturated rings. The van der Waals surface area contributed by atoms with E-state index in [-0.39, 0.29) is 17.9 Å². The lowest BCUT2D eigenvalue weighted by atomic mass is 9.95. The molecule has 1 atom stereocenters. The number of nitrogens with zero attached hydrogens (tertiary/aromatic N) is 1. The number of piperidine rings is 1. The number of carbonyl (C=O) groups excluding carboxylic acids is 2. The van der Waals surface area contributed by atoms with Gasteiger partial charge in [-0.05, 0) is 38.7 Å². The van der Waals surface area contributed by atoms with Gasteiger partial charge in [0.05, 0.1) is 0 Å². The molecule has 21 heavy (non-hydrogen) atoms. The first-order valence-electron chi connectivity index (χ1n) is 7.32. The van der Waals surface area contributed by atoms with Crippen LogP contribution in [-0.4, -0.2) is 29.9 Å². The number of hydrogen-bond donors (Lipinski definition) is 2. The zero-order valence-electron chi connectivity index (χ0n) is 12.6. The molecule has 3 amide bonds. The van der Waals surface area contributed by atoms with Crippen LogP contribution >= 0.6 is 0 Å². The number of nitrogens with two attached hydrogens (primary N) is 1. The van der Waals surface area contributed by atoms with Crippen molar-refractivity contribution in [3.8, 4) is 0 Å². The molecule has 0 aromatic carbocycles. The number of aryl methyl sites for hydroxylation is 2. The molecule has 1 aliphatic rings. The lowest BCUT2D eigenvalue weighted by Gasteiger charge is -2.32. The third-order valence-electron chi connectivity index (χ3n) is 3.87. The summed E-state index contributed by atoms with van der Waals surface area (Å²) in [5.74, 6) is 1.56. The van der Waals surface area contributed by atoms with Gasteiger partial charge >= 0.3 is 6.03 Å². The van der Waals surface area contributed by atoms with Crippen LogP contribution in [0.4, 0.5) is 4.79 Å². The van der Waals surface area contributed by atoms with Crippen molar-refractivity contribution in [2.75, 3.05) is 13.1 Å². The molecular weight excluding hydrogens is 270 g/mol. The van der Waals surface area contributed by atoms with Crippen LogP contribution in [0.1, 0.15) is 36.3 Å². The van der Waals surface area contributed by atoms with Crippen molar-refractivity contribution in [2.45, 2.75) is 39.7 Å². The number of likely N-dealkylation sites (tertiary alicyclic amines) is 1. The average Bonchev–Trinajstić information content (AvgIpc) is 2.74. The van der Waals surface area contributed by atoms with Crippen LogP contribution in [0.25, 0.3) is 0 Å². The topological polar surface area (TPSA) is 88.6 Å². The van der Waals surface area contributed by atoms with Crippen molar-refractivity contribution in [2.24, 2.45) is 11.7 Å². The van der Waals surface area contributed by atoms with Crippen LogP contribution in [-0.2, 0) is 11.3 Å². The number of rotatable bonds is 4. The minimum absolute atomic E-state index is 0.0950. The number of hydrogen-bond acceptors (Lipinski definition) is 3. The highest BCUT2D eigenvalue weighted by atomic mass is 16.3. The Balaban J connectivity index is 1.85. The first kappa shape index (κ1) is 15.4. The van der Waals surface area contributed by atoms with E-state index in [0.717, 1.165) is 36.5 Å². The van der Waals surface area contributed by atoms with Crippen molar-refractivity contribution in [1.29, 1.82) is 0 Å². The third kappa shape index (κ3) is 4.24. The second-order valence-electron chi connectivity index (χ2n) is 5.72. The molecule has 6 heteroatoms. The Kier molecular flexibility index (Phi) is 4.88. The number of carbonyl (C=O) groups is 2. The molecule has 0 bridgehead atoms. The van der Waals surface area contributed by atoms with Gasteiger partial charge in [-0.15, -0.1) is 0 Å². The van der Waals surface area contributed by atoms with E-state index in [2.05, 4.69) is 5.32 Å². The summed E-state index contributed by atoms with van der Waals surface area (Å²) in [6.45, 7) is 5.55. The summed E-state index contributed by atoms with van der Waals surface area (Å²) in [6, 6.07) is 1.84. The molecule has 0 saturated carbocycles. The quantitative estimate of drug-likeness (QED) is 0.885. The zero-order valence-corrected chi connectivity index (χ0v) is 12.6. The lowest BCUT2D eigenvalue weighted by Crippen LogP contribution is -2.45. The Hall–Kier alpha value is -1.98. The summed E-state index contributed by atoms with van der Waals surface area (Å²) in [7, 11) is 0. The molecular formula is C15H23N3O3. The normalized spacial score (nSPS) is 18.6. The van der Waals surface area contributed by atoms with Crippen molar-refractivity contribution in [3.63, 3.8) is 0 Å². The second kappa shape index (κ2) is 6.65. The summed E-state index contributed by atoms with van der Waals surface area (Å²) < 4.78 is 5.44. The van der Waals surface area contributed by atoms with Crippen LogP contribution in [0.3, 0.4) is 0 Å². The van der Waals surface area contributed by atoms with Gasteiger partial charge < -0.3 is 20.4 Å². The second-order valence-corrected chi connectivity index (χ2v) is 5.72. The van der Waals surface area contributed by atoms with E-state index in [1.807, 2.05) is 19.9 Å². The Morgan fingerprint density at radius 2 is 2.24 bits per heavy atom. The molecule has 2 heterocycles. The van der Waals surface area contributed by atoms with Crippen LogP contribution in [0.15, 0.2) is 10.5 Å². The van der Waals surface area contributed by atoms with Crippen LogP contribution in [0.5, 0.6) is 0 Å². The maximum absolute atomic E-state index is 12.2. The van der Waals surface area contributed by atoms with E-state index in [1.165, 1.54) is 0 Å². The zero-order chi connectivity index (χ0) is 15.4. The highest BCUT2D eigenvalue weighted by molar-refractivity contribution is 5.75. The van der Waals surface area contributed by atoms with E-state index in [9.17, 15) is 9.59 Å². The predicted octanol–water partition coefficient (Wildman–Crippen LogP) is 1.69. The van der Waals surface area contributed by atoms with Gasteiger partial charge in [-0.2, -0.15) is 0 Å². The Labute approximate surface area is 124 Å². The van der Waals surface area contributed by atoms with E-state index >= 15 is 0 Å². The molecule has 0 radical (unpaired) electrons. The number of furan rings is 1. The monoisotopic (exact) mass is 293 g/mol. The minimum Gasteiger partial charge on any atom is -0.466 e. The van der Waals surface area contributed by atoms with E-state index in [4.69, 9.17) is 10.2 Å². The Morgan fingerprint density at radius 3 is 2.86 bits per heavy atom. The number of urea groups is 1. The van der Waals surface area contributed by atoms with Gasteiger partial charge in [-0.1, -0.05) is 0 Å². The maximum Gasteiger partial charge on any atom is 0.317 e. The molecule has 1 aromatic heterocycles. The Morgan fingerprint density at radius 1 is 1.48 bits per heavy atom. The molecule has 0 aliphatic carbocycles. The largest absolute Gasteiger partial charge is 0.466 e. The SMILES string of the molecule is Cc1cc(CNC(=O)N2CCCC(CC(N)=O)C2)c(C)o1. The number of primary amides is 1. The summed E-state index contributed by atoms with van der Waals surface area (Å²) in [5, 5.41) is 2.91. The molecule has 3 N–H and O–H groups in total. The summed E-state index contributed by atoms with van der Waals surface area (Å²) in [6.07, 6.45) is 2.21. The lowest BCUT2D eigenvalue weighted by molar-refractivity contribution is -0.119. The first-order valence-corrected chi connectivity index (χ1v) is 7.32. The van der Waals surface area contributed by atoms with Crippen molar-refractivity contribution in [3.05, 3.63) is 23.2 Å². The molecule has 1 saturated heterocycles. The summed E-state index contributed by atoms with van der Waals surface area (Å²) in [5.41, 5.74) is 6.22. The predicted molar refractivity (Wildman–Crippen MR) is 78.5 cm³/mol. The van der Waals surface area contributed by atoms with Crippen molar-refractivity contribution < 1.29 is 14.0 Å². The number of nitrogens with one attached hydrogen (secondary N) is 1. The van der Waals surface area contributed by atoms with Gasteiger partial charge in [-0.3, -0.25) is 4.79 Å². The van der Waals surface area contributed by atoms with Gasteiger partial charge in [0.2, 0.25) is 5.91 Å². The summed E-state index contributed by atoms with van der Waals surface area (Å²) >= 11 is 0. The van der Waals surface area contributed by atoms with Gasteiger partial charge in [0.15, 0.2) is 0 Å². The van der Waals surface area contributed by atoms with Gasteiger partial charge in [0, 0.05) is 31.6 Å². The number of amides is 3. The molecule has 1 aliphatic heterocycles. The minimum atomic E-state index is -0.299. The first-order chi connectivity index (χ1) is 9.95. The fourth-order valence-electron chi connectivity index (χ4n) is 2.84. The fraction of sp³-hybridized carbons (Fsp3) is 0.600. The van der Waals surface area contributed by atoms with Gasteiger partial charge in [-0.25, -0.2) is 4.79 Å². The molecule has 2 rings (SSSR count). The van der Waals surface area contributed by atoms with Crippen LogP contribution < -0.4 is 11.1 Å². The Bertz CT molecular complexity index is 524. The molecule has 1 aromatic rings. The maximum atomic E-state index is 12.2. The third-order valence-corrected chi connectivity index (χ3v) is 3.87. The van der Waals surface area contributed by atoms with Gasteiger partial charge in [0.25, 0.3) is 0 Å². The standard InChI is InChI=1S/C15H23N3O3/c1-10-6-13(11(2)21-10)8-17-15(20)18-5-3-4-12(9-18)7-14(16)19/h6,12H,3-5,7-9H2,1-2H3,(H2,16,19)(H,17,20). The highest BCUT2D eigenvalue weighted by Gasteiger charge is 2.24. The van der Waals surface area contributed by atoms with Crippen LogP contribution in [0.2, 0.25) is 0 Å². The van der Waals surface area contributed by atoms with Crippen molar-refractivity contribution in [1.82, 2.24) is 10.2 Å². The van der Waals surface area contributed by atoms with E-state index in [1.54, 1.807) is 4.90 Å². The fourth-order valence-corrected chi connectivity index (χ4v) is 2.84. The average molecular weight is 293 g/mol.